The monoisotopic (exact) mass is 421 g/mol. The van der Waals surface area contributed by atoms with Crippen LogP contribution in [0.25, 0.3) is 0 Å². The summed E-state index contributed by atoms with van der Waals surface area (Å²) in [5.74, 6) is 0.939. The van der Waals surface area contributed by atoms with Gasteiger partial charge in [0.05, 0.1) is 18.2 Å². The zero-order valence-electron chi connectivity index (χ0n) is 13.3. The van der Waals surface area contributed by atoms with E-state index in [0.717, 1.165) is 18.9 Å². The maximum absolute atomic E-state index is 5.90. The molecule has 0 saturated carbocycles. The largest absolute Gasteiger partial charge is 0.373 e. The zero-order valence-corrected chi connectivity index (χ0v) is 15.7. The summed E-state index contributed by atoms with van der Waals surface area (Å²) >= 11 is 0. The highest BCUT2D eigenvalue weighted by Crippen LogP contribution is 2.34. The smallest absolute Gasteiger partial charge is 0.191 e. The molecule has 5 fully saturated rings. The summed E-state index contributed by atoms with van der Waals surface area (Å²) in [4.78, 5) is 9.58. The maximum atomic E-state index is 5.90. The highest BCUT2D eigenvalue weighted by molar-refractivity contribution is 14.0. The Labute approximate surface area is 150 Å². The molecule has 4 bridgehead atoms. The van der Waals surface area contributed by atoms with Crippen molar-refractivity contribution in [2.75, 3.05) is 46.3 Å². The molecule has 4 unspecified atom stereocenters. The van der Waals surface area contributed by atoms with Crippen molar-refractivity contribution < 1.29 is 4.74 Å². The number of halogens is 1. The summed E-state index contributed by atoms with van der Waals surface area (Å²) < 4.78 is 5.90. The topological polar surface area (TPSA) is 52.1 Å². The van der Waals surface area contributed by atoms with Gasteiger partial charge in [-0.15, -0.1) is 24.0 Å². The SMILES string of the molecule is CN=C(NCC1CN2CCN1CC2)NC1CC2CCC1O2.I. The first-order chi connectivity index (χ1) is 10.3. The minimum absolute atomic E-state index is 0. The van der Waals surface area contributed by atoms with E-state index in [4.69, 9.17) is 4.74 Å². The average Bonchev–Trinajstić information content (AvgIpc) is 3.15. The van der Waals surface area contributed by atoms with Crippen molar-refractivity contribution >= 4 is 29.9 Å². The third-order valence-corrected chi connectivity index (χ3v) is 5.55. The number of piperazine rings is 3. The molecule has 0 aromatic heterocycles. The number of hydrogen-bond donors (Lipinski definition) is 2. The van der Waals surface area contributed by atoms with Crippen LogP contribution in [0.3, 0.4) is 0 Å². The van der Waals surface area contributed by atoms with Crippen molar-refractivity contribution in [1.82, 2.24) is 20.4 Å². The van der Waals surface area contributed by atoms with Crippen molar-refractivity contribution in [2.24, 2.45) is 4.99 Å². The molecule has 5 aliphatic heterocycles. The first kappa shape index (κ1) is 16.7. The Kier molecular flexibility index (Phi) is 5.47. The number of nitrogens with one attached hydrogen (secondary N) is 2. The number of ether oxygens (including phenoxy) is 1. The third kappa shape index (κ3) is 3.37. The average molecular weight is 421 g/mol. The highest BCUT2D eigenvalue weighted by atomic mass is 127. The van der Waals surface area contributed by atoms with Gasteiger partial charge in [0.15, 0.2) is 5.96 Å². The molecule has 5 aliphatic rings. The maximum Gasteiger partial charge on any atom is 0.191 e. The molecule has 5 saturated heterocycles. The van der Waals surface area contributed by atoms with Crippen molar-refractivity contribution in [1.29, 1.82) is 0 Å². The first-order valence-corrected chi connectivity index (χ1v) is 8.41. The van der Waals surface area contributed by atoms with Gasteiger partial charge >= 0.3 is 0 Å². The molecule has 0 aromatic rings. The van der Waals surface area contributed by atoms with E-state index >= 15 is 0 Å². The van der Waals surface area contributed by atoms with Crippen LogP contribution in [0.15, 0.2) is 4.99 Å². The Balaban J connectivity index is 0.00000144. The predicted molar refractivity (Wildman–Crippen MR) is 98.0 cm³/mol. The van der Waals surface area contributed by atoms with Gasteiger partial charge in [-0.3, -0.25) is 14.8 Å². The lowest BCUT2D eigenvalue weighted by Crippen LogP contribution is -2.64. The molecular formula is C15H28IN5O. The summed E-state index contributed by atoms with van der Waals surface area (Å²) in [7, 11) is 1.86. The molecule has 0 spiro atoms. The normalized spacial score (nSPS) is 43.0. The molecule has 5 heterocycles. The summed E-state index contributed by atoms with van der Waals surface area (Å²) in [6, 6.07) is 1.07. The molecule has 2 N–H and O–H groups in total. The molecule has 126 valence electrons. The Hall–Kier alpha value is -0.120. The minimum Gasteiger partial charge on any atom is -0.373 e. The van der Waals surface area contributed by atoms with Crippen LogP contribution in [0.1, 0.15) is 19.3 Å². The number of guanidine groups is 1. The van der Waals surface area contributed by atoms with E-state index in [2.05, 4.69) is 25.4 Å². The Morgan fingerprint density at radius 2 is 2.05 bits per heavy atom. The van der Waals surface area contributed by atoms with Gasteiger partial charge in [-0.1, -0.05) is 0 Å². The van der Waals surface area contributed by atoms with Crippen LogP contribution >= 0.6 is 24.0 Å². The van der Waals surface area contributed by atoms with Crippen LogP contribution in [-0.4, -0.2) is 86.4 Å². The molecule has 6 nitrogen and oxygen atoms in total. The van der Waals surface area contributed by atoms with E-state index < -0.39 is 0 Å². The molecule has 4 atom stereocenters. The van der Waals surface area contributed by atoms with Gasteiger partial charge in [0.25, 0.3) is 0 Å². The van der Waals surface area contributed by atoms with E-state index in [1.54, 1.807) is 0 Å². The second-order valence-electron chi connectivity index (χ2n) is 6.80. The van der Waals surface area contributed by atoms with Gasteiger partial charge in [-0.05, 0) is 19.3 Å². The van der Waals surface area contributed by atoms with Crippen LogP contribution < -0.4 is 10.6 Å². The Bertz CT molecular complexity index is 413. The van der Waals surface area contributed by atoms with Crippen molar-refractivity contribution in [3.05, 3.63) is 0 Å². The summed E-state index contributed by atoms with van der Waals surface area (Å²) in [5, 5.41) is 7.09. The number of nitrogens with zero attached hydrogens (tertiary/aromatic N) is 3. The molecule has 0 aliphatic carbocycles. The summed E-state index contributed by atoms with van der Waals surface area (Å²) in [5.41, 5.74) is 0. The highest BCUT2D eigenvalue weighted by Gasteiger charge is 2.41. The fraction of sp³-hybridized carbons (Fsp3) is 0.933. The number of hydrogen-bond acceptors (Lipinski definition) is 4. The Morgan fingerprint density at radius 3 is 2.59 bits per heavy atom. The van der Waals surface area contributed by atoms with Gasteiger partial charge < -0.3 is 15.4 Å². The fourth-order valence-electron chi connectivity index (χ4n) is 4.29. The van der Waals surface area contributed by atoms with E-state index in [9.17, 15) is 0 Å². The van der Waals surface area contributed by atoms with Gasteiger partial charge in [0.2, 0.25) is 0 Å². The second kappa shape index (κ2) is 7.19. The molecule has 22 heavy (non-hydrogen) atoms. The van der Waals surface area contributed by atoms with Crippen LogP contribution in [0.5, 0.6) is 0 Å². The fourth-order valence-corrected chi connectivity index (χ4v) is 4.29. The lowest BCUT2D eigenvalue weighted by molar-refractivity contribution is 0.0154. The lowest BCUT2D eigenvalue weighted by Gasteiger charge is -2.47. The van der Waals surface area contributed by atoms with Crippen molar-refractivity contribution in [3.8, 4) is 0 Å². The van der Waals surface area contributed by atoms with Crippen LogP contribution in [-0.2, 0) is 4.74 Å². The molecule has 7 heteroatoms. The standard InChI is InChI=1S/C15H27N5O.HI/c1-16-15(18-13-8-12-2-3-14(13)21-12)17-9-11-10-19-4-6-20(11)7-5-19;/h11-14H,2-10H2,1H3,(H2,16,17,18);1H. The third-order valence-electron chi connectivity index (χ3n) is 5.55. The van der Waals surface area contributed by atoms with E-state index in [-0.39, 0.29) is 24.0 Å². The lowest BCUT2D eigenvalue weighted by atomic mass is 9.96. The van der Waals surface area contributed by atoms with Crippen LogP contribution in [0.2, 0.25) is 0 Å². The number of fused-ring (bicyclic) bond motifs is 5. The van der Waals surface area contributed by atoms with Gasteiger partial charge in [-0.25, -0.2) is 0 Å². The minimum atomic E-state index is 0. The van der Waals surface area contributed by atoms with E-state index in [1.807, 2.05) is 7.05 Å². The molecule has 0 amide bonds. The van der Waals surface area contributed by atoms with Crippen molar-refractivity contribution in [2.45, 2.75) is 43.6 Å². The molecular weight excluding hydrogens is 393 g/mol. The first-order valence-electron chi connectivity index (χ1n) is 8.41. The van der Waals surface area contributed by atoms with E-state index in [1.165, 1.54) is 45.6 Å². The summed E-state index contributed by atoms with van der Waals surface area (Å²) in [6.45, 7) is 7.11. The van der Waals surface area contributed by atoms with Gasteiger partial charge in [0, 0.05) is 52.4 Å². The summed E-state index contributed by atoms with van der Waals surface area (Å²) in [6.07, 6.45) is 4.45. The second-order valence-corrected chi connectivity index (χ2v) is 6.80. The van der Waals surface area contributed by atoms with Gasteiger partial charge in [-0.2, -0.15) is 0 Å². The molecule has 0 aromatic carbocycles. The van der Waals surface area contributed by atoms with Crippen LogP contribution in [0.4, 0.5) is 0 Å². The number of rotatable bonds is 3. The quantitative estimate of drug-likeness (QED) is 0.385. The number of aliphatic imine (C=N–C) groups is 1. The van der Waals surface area contributed by atoms with Crippen LogP contribution in [0, 0.1) is 0 Å². The van der Waals surface area contributed by atoms with Crippen molar-refractivity contribution in [3.63, 3.8) is 0 Å². The van der Waals surface area contributed by atoms with Gasteiger partial charge in [0.1, 0.15) is 0 Å². The molecule has 0 radical (unpaired) electrons. The van der Waals surface area contributed by atoms with E-state index in [0.29, 0.717) is 24.3 Å². The predicted octanol–water partition coefficient (Wildman–Crippen LogP) is 0.0891. The Morgan fingerprint density at radius 1 is 1.23 bits per heavy atom. The zero-order chi connectivity index (χ0) is 14.2. The molecule has 5 rings (SSSR count).